The average Bonchev–Trinajstić information content (AvgIpc) is 3.37. The van der Waals surface area contributed by atoms with Crippen LogP contribution in [0.15, 0.2) is 83.0 Å². The Hall–Kier alpha value is -3.91. The number of ether oxygens (including phenoxy) is 2. The van der Waals surface area contributed by atoms with Crippen LogP contribution < -0.4 is 19.9 Å². The molecular weight excluding hydrogens is 438 g/mol. The zero-order valence-corrected chi connectivity index (χ0v) is 18.5. The van der Waals surface area contributed by atoms with E-state index in [1.165, 1.54) is 10.7 Å². The molecule has 0 saturated carbocycles. The fourth-order valence-electron chi connectivity index (χ4n) is 3.62. The predicted octanol–water partition coefficient (Wildman–Crippen LogP) is 3.98. The third-order valence-corrected chi connectivity index (χ3v) is 6.11. The Bertz CT molecular complexity index is 1320. The second-order valence-corrected chi connectivity index (χ2v) is 8.50. The van der Waals surface area contributed by atoms with E-state index >= 15 is 0 Å². The Morgan fingerprint density at radius 3 is 2.58 bits per heavy atom. The van der Waals surface area contributed by atoms with E-state index in [9.17, 15) is 9.59 Å². The first kappa shape index (κ1) is 21.0. The number of rotatable bonds is 6. The summed E-state index contributed by atoms with van der Waals surface area (Å²) in [5, 5.41) is 6.41. The molecule has 2 aromatic carbocycles. The van der Waals surface area contributed by atoms with Gasteiger partial charge in [-0.05, 0) is 29.6 Å². The second-order valence-electron chi connectivity index (χ2n) is 7.47. The Morgan fingerprint density at radius 2 is 1.79 bits per heavy atom. The molecule has 3 heterocycles. The monoisotopic (exact) mass is 459 g/mol. The molecule has 0 unspecified atom stereocenters. The maximum atomic E-state index is 13.5. The number of benzene rings is 2. The average molecular weight is 460 g/mol. The Labute approximate surface area is 194 Å². The molecule has 166 valence electrons. The summed E-state index contributed by atoms with van der Waals surface area (Å²) in [6.45, 7) is 1.15. The molecule has 33 heavy (non-hydrogen) atoms. The van der Waals surface area contributed by atoms with Gasteiger partial charge in [-0.1, -0.05) is 36.4 Å². The fraction of sp³-hybridized carbons (Fsp3) is 0.160. The summed E-state index contributed by atoms with van der Waals surface area (Å²) in [6, 6.07) is 22.0. The van der Waals surface area contributed by atoms with Crippen LogP contribution in [0.2, 0.25) is 0 Å². The van der Waals surface area contributed by atoms with Gasteiger partial charge >= 0.3 is 0 Å². The van der Waals surface area contributed by atoms with E-state index in [2.05, 4.69) is 5.10 Å². The van der Waals surface area contributed by atoms with Crippen LogP contribution in [0.3, 0.4) is 0 Å². The molecule has 1 aliphatic rings. The van der Waals surface area contributed by atoms with Crippen molar-refractivity contribution in [2.45, 2.75) is 13.1 Å². The van der Waals surface area contributed by atoms with Crippen LogP contribution in [0, 0.1) is 0 Å². The summed E-state index contributed by atoms with van der Waals surface area (Å²) in [7, 11) is 0. The maximum absolute atomic E-state index is 13.5. The van der Waals surface area contributed by atoms with Crippen molar-refractivity contribution in [1.29, 1.82) is 0 Å². The minimum Gasteiger partial charge on any atom is -0.486 e. The molecule has 1 amide bonds. The smallest absolute Gasteiger partial charge is 0.267 e. The first-order valence-corrected chi connectivity index (χ1v) is 11.4. The van der Waals surface area contributed by atoms with Gasteiger partial charge in [0.15, 0.2) is 11.5 Å². The van der Waals surface area contributed by atoms with Gasteiger partial charge in [0.2, 0.25) is 5.91 Å². The third-order valence-electron chi connectivity index (χ3n) is 5.25. The van der Waals surface area contributed by atoms with Crippen LogP contribution in [0.4, 0.5) is 5.69 Å². The first-order chi connectivity index (χ1) is 16.2. The number of fused-ring (bicyclic) bond motifs is 1. The summed E-state index contributed by atoms with van der Waals surface area (Å²) in [5.41, 5.74) is 1.85. The Morgan fingerprint density at radius 1 is 0.970 bits per heavy atom. The van der Waals surface area contributed by atoms with Crippen molar-refractivity contribution in [2.75, 3.05) is 18.1 Å². The standard InChI is InChI=1S/C25H21N3O4S/c29-24-11-9-21(18-5-2-1-3-6-18)26-28(24)17-25(30)27(16-20-7-4-14-33-20)19-8-10-22-23(15-19)32-13-12-31-22/h1-11,14-15H,12-13,16-17H2. The van der Waals surface area contributed by atoms with E-state index < -0.39 is 0 Å². The summed E-state index contributed by atoms with van der Waals surface area (Å²) in [5.74, 6) is 1.01. The highest BCUT2D eigenvalue weighted by atomic mass is 32.1. The lowest BCUT2D eigenvalue weighted by Gasteiger charge is -2.25. The first-order valence-electron chi connectivity index (χ1n) is 10.5. The number of thiophene rings is 1. The van der Waals surface area contributed by atoms with Gasteiger partial charge in [-0.2, -0.15) is 5.10 Å². The number of anilines is 1. The molecule has 5 rings (SSSR count). The normalized spacial score (nSPS) is 12.4. The second kappa shape index (κ2) is 9.30. The summed E-state index contributed by atoms with van der Waals surface area (Å²) < 4.78 is 12.5. The van der Waals surface area contributed by atoms with Gasteiger partial charge in [0.05, 0.1) is 12.2 Å². The fourth-order valence-corrected chi connectivity index (χ4v) is 4.31. The van der Waals surface area contributed by atoms with Crippen LogP contribution in [-0.4, -0.2) is 28.9 Å². The molecule has 7 nitrogen and oxygen atoms in total. The lowest BCUT2D eigenvalue weighted by molar-refractivity contribution is -0.119. The van der Waals surface area contributed by atoms with Crippen LogP contribution in [-0.2, 0) is 17.9 Å². The van der Waals surface area contributed by atoms with Crippen molar-refractivity contribution in [3.05, 3.63) is 93.4 Å². The van der Waals surface area contributed by atoms with Gasteiger partial charge in [-0.15, -0.1) is 11.3 Å². The van der Waals surface area contributed by atoms with E-state index in [0.717, 1.165) is 10.4 Å². The Kier molecular flexibility index (Phi) is 5.91. The Balaban J connectivity index is 1.46. The summed E-state index contributed by atoms with van der Waals surface area (Å²) in [6.07, 6.45) is 0. The minimum absolute atomic E-state index is 0.181. The zero-order valence-electron chi connectivity index (χ0n) is 17.7. The third kappa shape index (κ3) is 4.65. The molecular formula is C25H21N3O4S. The van der Waals surface area contributed by atoms with Crippen LogP contribution in [0.25, 0.3) is 11.3 Å². The molecule has 2 aromatic heterocycles. The van der Waals surface area contributed by atoms with E-state index in [1.807, 2.05) is 53.9 Å². The molecule has 1 aliphatic heterocycles. The van der Waals surface area contributed by atoms with Gasteiger partial charge in [-0.3, -0.25) is 9.59 Å². The van der Waals surface area contributed by atoms with Crippen LogP contribution in [0.1, 0.15) is 4.88 Å². The highest BCUT2D eigenvalue weighted by molar-refractivity contribution is 7.09. The quantitative estimate of drug-likeness (QED) is 0.436. The van der Waals surface area contributed by atoms with Crippen molar-refractivity contribution in [1.82, 2.24) is 9.78 Å². The lowest BCUT2D eigenvalue weighted by Crippen LogP contribution is -2.37. The van der Waals surface area contributed by atoms with Crippen molar-refractivity contribution >= 4 is 22.9 Å². The molecule has 0 N–H and O–H groups in total. The van der Waals surface area contributed by atoms with Gasteiger partial charge in [0, 0.05) is 28.3 Å². The SMILES string of the molecule is O=C(Cn1nc(-c2ccccc2)ccc1=O)N(Cc1cccs1)c1ccc2c(c1)OCCO2. The molecule has 0 saturated heterocycles. The van der Waals surface area contributed by atoms with Crippen molar-refractivity contribution in [3.8, 4) is 22.8 Å². The number of aromatic nitrogens is 2. The number of hydrogen-bond donors (Lipinski definition) is 0. The predicted molar refractivity (Wildman–Crippen MR) is 127 cm³/mol. The van der Waals surface area contributed by atoms with Gasteiger partial charge in [-0.25, -0.2) is 4.68 Å². The molecule has 0 radical (unpaired) electrons. The van der Waals surface area contributed by atoms with Crippen molar-refractivity contribution < 1.29 is 14.3 Å². The highest BCUT2D eigenvalue weighted by Gasteiger charge is 2.21. The van der Waals surface area contributed by atoms with Gasteiger partial charge in [0.25, 0.3) is 5.56 Å². The molecule has 0 fully saturated rings. The number of carbonyl (C=O) groups is 1. The number of carbonyl (C=O) groups excluding carboxylic acids is 1. The van der Waals surface area contributed by atoms with E-state index in [-0.39, 0.29) is 18.0 Å². The van der Waals surface area contributed by atoms with Crippen molar-refractivity contribution in [2.24, 2.45) is 0 Å². The number of hydrogen-bond acceptors (Lipinski definition) is 6. The number of amides is 1. The molecule has 0 spiro atoms. The maximum Gasteiger partial charge on any atom is 0.267 e. The van der Waals surface area contributed by atoms with Gasteiger partial charge in [0.1, 0.15) is 19.8 Å². The van der Waals surface area contributed by atoms with Crippen LogP contribution >= 0.6 is 11.3 Å². The summed E-state index contributed by atoms with van der Waals surface area (Å²) >= 11 is 1.57. The number of nitrogens with zero attached hydrogens (tertiary/aromatic N) is 3. The van der Waals surface area contributed by atoms with Gasteiger partial charge < -0.3 is 14.4 Å². The largest absolute Gasteiger partial charge is 0.486 e. The van der Waals surface area contributed by atoms with Crippen molar-refractivity contribution in [3.63, 3.8) is 0 Å². The van der Waals surface area contributed by atoms with E-state index in [0.29, 0.717) is 42.6 Å². The molecule has 8 heteroatoms. The molecule has 0 aliphatic carbocycles. The van der Waals surface area contributed by atoms with E-state index in [4.69, 9.17) is 9.47 Å². The highest BCUT2D eigenvalue weighted by Crippen LogP contribution is 2.34. The molecule has 0 bridgehead atoms. The summed E-state index contributed by atoms with van der Waals surface area (Å²) in [4.78, 5) is 28.6. The lowest BCUT2D eigenvalue weighted by atomic mass is 10.1. The topological polar surface area (TPSA) is 73.7 Å². The zero-order chi connectivity index (χ0) is 22.6. The molecule has 0 atom stereocenters. The minimum atomic E-state index is -0.332. The molecule has 4 aromatic rings. The van der Waals surface area contributed by atoms with Crippen LogP contribution in [0.5, 0.6) is 11.5 Å². The van der Waals surface area contributed by atoms with E-state index in [1.54, 1.807) is 34.4 Å².